The summed E-state index contributed by atoms with van der Waals surface area (Å²) < 4.78 is 0. The van der Waals surface area contributed by atoms with Crippen LogP contribution in [-0.4, -0.2) is 36.4 Å². The molecule has 138 valence electrons. The largest absolute Gasteiger partial charge is 0.366 e. The molecule has 0 aliphatic carbocycles. The minimum atomic E-state index is 0.0391. The van der Waals surface area contributed by atoms with Crippen molar-refractivity contribution < 1.29 is 4.79 Å². The molecule has 1 amide bonds. The van der Waals surface area contributed by atoms with Crippen LogP contribution in [0.25, 0.3) is 11.1 Å². The maximum absolute atomic E-state index is 11.7. The first-order valence-electron chi connectivity index (χ1n) is 9.20. The molecule has 0 unspecified atom stereocenters. The van der Waals surface area contributed by atoms with Gasteiger partial charge in [0.05, 0.1) is 11.9 Å². The second-order valence-corrected chi connectivity index (χ2v) is 7.16. The second-order valence-electron chi connectivity index (χ2n) is 6.85. The van der Waals surface area contributed by atoms with E-state index in [2.05, 4.69) is 35.0 Å². The number of carbonyl (C=O) groups excluding carboxylic acids is 1. The van der Waals surface area contributed by atoms with Crippen LogP contribution in [-0.2, 0) is 11.2 Å². The third-order valence-corrected chi connectivity index (χ3v) is 5.59. The molecule has 0 saturated carbocycles. The highest BCUT2D eigenvalue weighted by molar-refractivity contribution is 6.18. The van der Waals surface area contributed by atoms with Crippen molar-refractivity contribution >= 4 is 28.9 Å². The predicted octanol–water partition coefficient (Wildman–Crippen LogP) is 4.50. The van der Waals surface area contributed by atoms with Gasteiger partial charge in [0.25, 0.3) is 0 Å². The number of nitrogens with zero attached hydrogens (tertiary/aromatic N) is 3. The molecule has 1 aromatic carbocycles. The Bertz CT molecular complexity index is 793. The molecule has 2 heterocycles. The summed E-state index contributed by atoms with van der Waals surface area (Å²) in [4.78, 5) is 20.2. The van der Waals surface area contributed by atoms with E-state index in [4.69, 9.17) is 11.6 Å². The number of rotatable bonds is 5. The maximum atomic E-state index is 11.7. The summed E-state index contributed by atoms with van der Waals surface area (Å²) in [6.07, 6.45) is 7.01. The predicted molar refractivity (Wildman–Crippen MR) is 109 cm³/mol. The lowest BCUT2D eigenvalue weighted by Crippen LogP contribution is -2.30. The van der Waals surface area contributed by atoms with Gasteiger partial charge in [-0.15, -0.1) is 11.6 Å². The molecule has 2 aromatic rings. The lowest BCUT2D eigenvalue weighted by molar-refractivity contribution is -0.116. The summed E-state index contributed by atoms with van der Waals surface area (Å²) in [6, 6.07) is 8.85. The number of amides is 1. The molecule has 0 bridgehead atoms. The first kappa shape index (κ1) is 18.7. The summed E-state index contributed by atoms with van der Waals surface area (Å²) in [5.74, 6) is 0.688. The number of halogens is 1. The highest BCUT2D eigenvalue weighted by atomic mass is 35.5. The zero-order valence-corrected chi connectivity index (χ0v) is 16.5. The van der Waals surface area contributed by atoms with Gasteiger partial charge in [0.1, 0.15) is 0 Å². The Labute approximate surface area is 160 Å². The molecular formula is C21H26ClN3O. The first-order valence-corrected chi connectivity index (χ1v) is 9.73. The van der Waals surface area contributed by atoms with Gasteiger partial charge in [-0.3, -0.25) is 9.78 Å². The van der Waals surface area contributed by atoms with Crippen LogP contribution in [0.15, 0.2) is 36.7 Å². The summed E-state index contributed by atoms with van der Waals surface area (Å²) >= 11 is 6.13. The number of benzene rings is 1. The molecule has 1 fully saturated rings. The van der Waals surface area contributed by atoms with Crippen LogP contribution in [0, 0.1) is 0 Å². The number of anilines is 2. The van der Waals surface area contributed by atoms with E-state index in [0.29, 0.717) is 11.9 Å². The van der Waals surface area contributed by atoms with Crippen LogP contribution in [0.3, 0.4) is 0 Å². The zero-order chi connectivity index (χ0) is 18.7. The molecule has 0 spiro atoms. The molecule has 1 atom stereocenters. The number of hydrogen-bond acceptors (Lipinski definition) is 3. The molecule has 4 nitrogen and oxygen atoms in total. The molecule has 5 heteroatoms. The van der Waals surface area contributed by atoms with Crippen LogP contribution < -0.4 is 9.80 Å². The Hall–Kier alpha value is -2.07. The van der Waals surface area contributed by atoms with Crippen molar-refractivity contribution in [3.63, 3.8) is 0 Å². The summed E-state index contributed by atoms with van der Waals surface area (Å²) in [7, 11) is 1.82. The molecule has 1 aromatic heterocycles. The van der Waals surface area contributed by atoms with Crippen LogP contribution in [0.4, 0.5) is 11.4 Å². The zero-order valence-electron chi connectivity index (χ0n) is 15.7. The van der Waals surface area contributed by atoms with Gasteiger partial charge in [0.2, 0.25) is 5.91 Å². The minimum absolute atomic E-state index is 0.0391. The van der Waals surface area contributed by atoms with Gasteiger partial charge in [-0.05, 0) is 48.6 Å². The fourth-order valence-electron chi connectivity index (χ4n) is 3.62. The molecule has 1 saturated heterocycles. The third-order valence-electron chi connectivity index (χ3n) is 5.24. The summed E-state index contributed by atoms with van der Waals surface area (Å²) in [5, 5.41) is 0. The van der Waals surface area contributed by atoms with Crippen LogP contribution in [0.1, 0.15) is 32.3 Å². The van der Waals surface area contributed by atoms with E-state index in [1.165, 1.54) is 6.42 Å². The Morgan fingerprint density at radius 2 is 2.12 bits per heavy atom. The topological polar surface area (TPSA) is 36.4 Å². The molecule has 26 heavy (non-hydrogen) atoms. The van der Waals surface area contributed by atoms with Crippen molar-refractivity contribution in [1.82, 2.24) is 4.98 Å². The maximum Gasteiger partial charge on any atom is 0.223 e. The monoisotopic (exact) mass is 371 g/mol. The molecule has 1 aliphatic rings. The minimum Gasteiger partial charge on any atom is -0.366 e. The lowest BCUT2D eigenvalue weighted by atomic mass is 10.0. The van der Waals surface area contributed by atoms with Crippen molar-refractivity contribution in [2.75, 3.05) is 29.3 Å². The van der Waals surface area contributed by atoms with Crippen molar-refractivity contribution in [2.45, 2.75) is 39.2 Å². The van der Waals surface area contributed by atoms with Crippen molar-refractivity contribution in [1.29, 1.82) is 0 Å². The van der Waals surface area contributed by atoms with Gasteiger partial charge in [0.15, 0.2) is 0 Å². The van der Waals surface area contributed by atoms with Crippen LogP contribution in [0.5, 0.6) is 0 Å². The van der Waals surface area contributed by atoms with E-state index in [1.807, 2.05) is 25.5 Å². The van der Waals surface area contributed by atoms with Crippen molar-refractivity contribution in [3.8, 4) is 11.1 Å². The van der Waals surface area contributed by atoms with E-state index in [0.717, 1.165) is 47.5 Å². The average molecular weight is 372 g/mol. The van der Waals surface area contributed by atoms with Gasteiger partial charge in [-0.2, -0.15) is 0 Å². The summed E-state index contributed by atoms with van der Waals surface area (Å²) in [5.41, 5.74) is 5.47. The lowest BCUT2D eigenvalue weighted by Gasteiger charge is -2.25. The van der Waals surface area contributed by atoms with Gasteiger partial charge < -0.3 is 9.80 Å². The van der Waals surface area contributed by atoms with E-state index < -0.39 is 0 Å². The van der Waals surface area contributed by atoms with E-state index in [9.17, 15) is 4.79 Å². The number of carbonyl (C=O) groups is 1. The van der Waals surface area contributed by atoms with Gasteiger partial charge in [0, 0.05) is 49.9 Å². The van der Waals surface area contributed by atoms with E-state index in [-0.39, 0.29) is 5.91 Å². The van der Waals surface area contributed by atoms with Crippen molar-refractivity contribution in [3.05, 3.63) is 42.2 Å². The highest BCUT2D eigenvalue weighted by Gasteiger charge is 2.24. The standard InChI is InChI=1S/C21H26ClN3O/c1-4-16-10-17(7-8-21(16)24(3)15(2)26)18-11-20(14-23-13-18)25-9-5-6-19(25)12-22/h7-8,10-11,13-14,19H,4-6,9,12H2,1-3H3/t19-/m0/s1. The van der Waals surface area contributed by atoms with Crippen LogP contribution in [0.2, 0.25) is 0 Å². The highest BCUT2D eigenvalue weighted by Crippen LogP contribution is 2.31. The van der Waals surface area contributed by atoms with Crippen molar-refractivity contribution in [2.24, 2.45) is 0 Å². The summed E-state index contributed by atoms with van der Waals surface area (Å²) in [6.45, 7) is 4.73. The number of aromatic nitrogens is 1. The number of hydrogen-bond donors (Lipinski definition) is 0. The van der Waals surface area contributed by atoms with E-state index in [1.54, 1.807) is 11.8 Å². The van der Waals surface area contributed by atoms with E-state index >= 15 is 0 Å². The molecular weight excluding hydrogens is 346 g/mol. The Morgan fingerprint density at radius 3 is 2.81 bits per heavy atom. The molecule has 0 radical (unpaired) electrons. The molecule has 0 N–H and O–H groups in total. The Balaban J connectivity index is 1.94. The van der Waals surface area contributed by atoms with Gasteiger partial charge >= 0.3 is 0 Å². The number of pyridine rings is 1. The normalized spacial score (nSPS) is 16.8. The molecule has 3 rings (SSSR count). The third kappa shape index (κ3) is 3.70. The average Bonchev–Trinajstić information content (AvgIpc) is 3.15. The SMILES string of the molecule is CCc1cc(-c2cncc(N3CCC[C@H]3CCl)c2)ccc1N(C)C(C)=O. The quantitative estimate of drug-likeness (QED) is 0.726. The van der Waals surface area contributed by atoms with Crippen LogP contribution >= 0.6 is 11.6 Å². The number of aryl methyl sites for hydroxylation is 1. The second kappa shape index (κ2) is 8.09. The van der Waals surface area contributed by atoms with Gasteiger partial charge in [-0.1, -0.05) is 13.0 Å². The molecule has 1 aliphatic heterocycles. The Kier molecular flexibility index (Phi) is 5.82. The van der Waals surface area contributed by atoms with Gasteiger partial charge in [-0.25, -0.2) is 0 Å². The number of alkyl halides is 1. The fraction of sp³-hybridized carbons (Fsp3) is 0.429. The smallest absolute Gasteiger partial charge is 0.223 e. The Morgan fingerprint density at radius 1 is 1.31 bits per heavy atom. The fourth-order valence-corrected chi connectivity index (χ4v) is 3.94. The first-order chi connectivity index (χ1) is 12.5.